The Bertz CT molecular complexity index is 1280. The molecule has 0 aliphatic carbocycles. The minimum atomic E-state index is -0.509. The van der Waals surface area contributed by atoms with Gasteiger partial charge in [-0.25, -0.2) is 9.98 Å². The molecule has 0 saturated heterocycles. The van der Waals surface area contributed by atoms with Crippen LogP contribution >= 0.6 is 0 Å². The molecule has 2 heterocycles. The quantitative estimate of drug-likeness (QED) is 0.218. The smallest absolute Gasteiger partial charge is 0.327 e. The number of nitro benzene ring substituents is 1. The Morgan fingerprint density at radius 2 is 1.21 bits per heavy atom. The summed E-state index contributed by atoms with van der Waals surface area (Å²) in [6.45, 7) is 9.34. The maximum absolute atomic E-state index is 11.4. The number of nitrogens with two attached hydrogens (primary N) is 1. The van der Waals surface area contributed by atoms with E-state index in [9.17, 15) is 10.1 Å². The highest BCUT2D eigenvalue weighted by Crippen LogP contribution is 2.40. The molecule has 0 bridgehead atoms. The van der Waals surface area contributed by atoms with Gasteiger partial charge in [0.15, 0.2) is 17.2 Å². The summed E-state index contributed by atoms with van der Waals surface area (Å²) in [6, 6.07) is 7.02. The molecule has 0 saturated carbocycles. The Hall–Kier alpha value is -4.22. The number of nitro groups is 1. The van der Waals surface area contributed by atoms with Gasteiger partial charge in [0, 0.05) is 0 Å². The maximum atomic E-state index is 11.4. The summed E-state index contributed by atoms with van der Waals surface area (Å²) in [4.78, 5) is 19.9. The van der Waals surface area contributed by atoms with E-state index >= 15 is 0 Å². The Balaban J connectivity index is 0.000000403. The van der Waals surface area contributed by atoms with Gasteiger partial charge in [-0.1, -0.05) is 42.5 Å². The molecule has 4 rings (SSSR count). The van der Waals surface area contributed by atoms with E-state index in [1.807, 2.05) is 19.9 Å². The highest BCUT2D eigenvalue weighted by Gasteiger charge is 2.32. The third kappa shape index (κ3) is 7.54. The molecule has 0 spiro atoms. The van der Waals surface area contributed by atoms with Crippen LogP contribution in [-0.4, -0.2) is 70.5 Å². The van der Waals surface area contributed by atoms with Gasteiger partial charge in [-0.3, -0.25) is 10.1 Å². The second-order valence-electron chi connectivity index (χ2n) is 9.83. The lowest BCUT2D eigenvalue weighted by atomic mass is 10.1. The van der Waals surface area contributed by atoms with E-state index in [4.69, 9.17) is 34.2 Å². The summed E-state index contributed by atoms with van der Waals surface area (Å²) in [5.74, 6) is 3.09. The number of rotatable bonds is 9. The number of hydrogen-bond donors (Lipinski definition) is 1. The number of anilines is 1. The van der Waals surface area contributed by atoms with Crippen molar-refractivity contribution in [2.75, 3.05) is 47.4 Å². The fourth-order valence-electron chi connectivity index (χ4n) is 4.16. The van der Waals surface area contributed by atoms with Crippen LogP contribution in [0.5, 0.6) is 23.0 Å². The Morgan fingerprint density at radius 1 is 0.786 bits per heavy atom. The molecule has 0 fully saturated rings. The molecule has 2 N–H and O–H groups in total. The Kier molecular flexibility index (Phi) is 13.4. The summed E-state index contributed by atoms with van der Waals surface area (Å²) in [5.41, 5.74) is 7.46. The van der Waals surface area contributed by atoms with Gasteiger partial charge in [0.25, 0.3) is 0 Å². The van der Waals surface area contributed by atoms with Crippen molar-refractivity contribution in [2.24, 2.45) is 21.8 Å². The first-order chi connectivity index (χ1) is 19.1. The zero-order chi connectivity index (χ0) is 29.6. The molecule has 2 aromatic carbocycles. The first kappa shape index (κ1) is 35.8. The SMILES string of the molecule is C.C.COc1ccc(C2=N[C@@H](C(C)C)CO2)c(N)c1OC.COc1ccc(C2=N[C@@H](C(C)C)CO2)c([N+](=O)[O-])c1OC. The Morgan fingerprint density at radius 3 is 1.60 bits per heavy atom. The molecule has 0 unspecified atom stereocenters. The first-order valence-corrected chi connectivity index (χ1v) is 12.9. The van der Waals surface area contributed by atoms with Gasteiger partial charge in [0.1, 0.15) is 18.8 Å². The fraction of sp³-hybridized carbons (Fsp3) is 0.533. The lowest BCUT2D eigenvalue weighted by molar-refractivity contribution is -0.386. The third-order valence-corrected chi connectivity index (χ3v) is 6.63. The number of aliphatic imine (C=N–C) groups is 2. The van der Waals surface area contributed by atoms with Crippen LogP contribution in [-0.2, 0) is 9.47 Å². The molecule has 0 radical (unpaired) electrons. The van der Waals surface area contributed by atoms with E-state index in [1.165, 1.54) is 14.2 Å². The van der Waals surface area contributed by atoms with Crippen molar-refractivity contribution in [2.45, 2.75) is 54.6 Å². The molecule has 0 aromatic heterocycles. The first-order valence-electron chi connectivity index (χ1n) is 12.9. The van der Waals surface area contributed by atoms with Gasteiger partial charge in [-0.05, 0) is 36.1 Å². The van der Waals surface area contributed by atoms with E-state index in [0.29, 0.717) is 59.4 Å². The number of benzene rings is 2. The van der Waals surface area contributed by atoms with E-state index in [0.717, 1.165) is 5.56 Å². The predicted octanol–water partition coefficient (Wildman–Crippen LogP) is 5.77. The second-order valence-corrected chi connectivity index (χ2v) is 9.83. The van der Waals surface area contributed by atoms with Gasteiger partial charge >= 0.3 is 5.69 Å². The average Bonchev–Trinajstić information content (AvgIpc) is 3.63. The normalized spacial score (nSPS) is 16.9. The van der Waals surface area contributed by atoms with Crippen LogP contribution in [0.15, 0.2) is 34.3 Å². The molecule has 0 amide bonds. The lowest BCUT2D eigenvalue weighted by Gasteiger charge is -2.13. The number of nitrogens with zero attached hydrogens (tertiary/aromatic N) is 3. The van der Waals surface area contributed by atoms with Crippen molar-refractivity contribution in [3.8, 4) is 23.0 Å². The average molecular weight is 591 g/mol. The van der Waals surface area contributed by atoms with E-state index in [-0.39, 0.29) is 44.3 Å². The molecule has 234 valence electrons. The predicted molar refractivity (Wildman–Crippen MR) is 166 cm³/mol. The van der Waals surface area contributed by atoms with E-state index < -0.39 is 4.92 Å². The highest BCUT2D eigenvalue weighted by atomic mass is 16.6. The molecule has 2 aromatic rings. The summed E-state index contributed by atoms with van der Waals surface area (Å²) in [7, 11) is 5.93. The molecule has 42 heavy (non-hydrogen) atoms. The summed E-state index contributed by atoms with van der Waals surface area (Å²) in [6.07, 6.45) is 0. The molecule has 2 atom stereocenters. The van der Waals surface area contributed by atoms with Crippen molar-refractivity contribution in [1.82, 2.24) is 0 Å². The van der Waals surface area contributed by atoms with Gasteiger partial charge < -0.3 is 34.2 Å². The molecule has 12 nitrogen and oxygen atoms in total. The van der Waals surface area contributed by atoms with E-state index in [1.54, 1.807) is 32.4 Å². The van der Waals surface area contributed by atoms with Crippen LogP contribution in [0.2, 0.25) is 0 Å². The van der Waals surface area contributed by atoms with Crippen LogP contribution < -0.4 is 24.7 Å². The number of ether oxygens (including phenoxy) is 6. The van der Waals surface area contributed by atoms with Crippen LogP contribution in [0.1, 0.15) is 53.7 Å². The second kappa shape index (κ2) is 15.7. The zero-order valence-corrected chi connectivity index (χ0v) is 24.2. The third-order valence-electron chi connectivity index (χ3n) is 6.63. The lowest BCUT2D eigenvalue weighted by Crippen LogP contribution is -2.13. The Labute approximate surface area is 249 Å². The summed E-state index contributed by atoms with van der Waals surface area (Å²) >= 11 is 0. The molecular formula is C30H46N4O8. The van der Waals surface area contributed by atoms with E-state index in [2.05, 4.69) is 23.8 Å². The van der Waals surface area contributed by atoms with Crippen molar-refractivity contribution in [1.29, 1.82) is 0 Å². The summed E-state index contributed by atoms with van der Waals surface area (Å²) in [5, 5.41) is 11.4. The van der Waals surface area contributed by atoms with Gasteiger partial charge in [-0.15, -0.1) is 0 Å². The number of methoxy groups -OCH3 is 4. The molecular weight excluding hydrogens is 544 g/mol. The van der Waals surface area contributed by atoms with Crippen molar-refractivity contribution in [3.63, 3.8) is 0 Å². The monoisotopic (exact) mass is 590 g/mol. The molecule has 12 heteroatoms. The van der Waals surface area contributed by atoms with Crippen molar-refractivity contribution < 1.29 is 33.3 Å². The molecule has 2 aliphatic rings. The topological polar surface area (TPSA) is 149 Å². The maximum Gasteiger partial charge on any atom is 0.327 e. The van der Waals surface area contributed by atoms with Crippen LogP contribution in [0.3, 0.4) is 0 Å². The van der Waals surface area contributed by atoms with Gasteiger partial charge in [0.2, 0.25) is 17.5 Å². The van der Waals surface area contributed by atoms with Gasteiger partial charge in [-0.2, -0.15) is 0 Å². The van der Waals surface area contributed by atoms with Crippen molar-refractivity contribution in [3.05, 3.63) is 45.5 Å². The standard InChI is InChI=1S/C14H18N2O5.C14H20N2O3.2CH4/c1-8(2)10-7-21-14(15-10)9-5-6-11(19-3)13(20-4)12(9)16(17)18;1-8(2)10-7-19-14(16-10)9-5-6-11(17-3)13(18-4)12(9)15;;/h5-6,8,10H,7H2,1-4H3;5-6,8,10H,7,15H2,1-4H3;2*1H4/t2*10-;;/m11../s1. The fourth-order valence-corrected chi connectivity index (χ4v) is 4.16. The number of hydrogen-bond acceptors (Lipinski definition) is 11. The van der Waals surface area contributed by atoms with Crippen LogP contribution in [0.25, 0.3) is 0 Å². The van der Waals surface area contributed by atoms with Crippen LogP contribution in [0, 0.1) is 22.0 Å². The molecule has 2 aliphatic heterocycles. The van der Waals surface area contributed by atoms with Gasteiger partial charge in [0.05, 0.1) is 56.7 Å². The zero-order valence-electron chi connectivity index (χ0n) is 24.2. The largest absolute Gasteiger partial charge is 0.493 e. The minimum Gasteiger partial charge on any atom is -0.493 e. The van der Waals surface area contributed by atoms with Crippen molar-refractivity contribution >= 4 is 23.2 Å². The highest BCUT2D eigenvalue weighted by molar-refractivity contribution is 6.02. The number of nitrogen functional groups attached to an aromatic ring is 1. The van der Waals surface area contributed by atoms with Crippen LogP contribution in [0.4, 0.5) is 11.4 Å². The minimum absolute atomic E-state index is 0. The summed E-state index contributed by atoms with van der Waals surface area (Å²) < 4.78 is 31.9.